The first kappa shape index (κ1) is 13.0. The molecule has 0 heterocycles. The Morgan fingerprint density at radius 3 is 2.79 bits per heavy atom. The van der Waals surface area contributed by atoms with Crippen molar-refractivity contribution in [2.24, 2.45) is 23.5 Å². The first-order valence-electron chi connectivity index (χ1n) is 7.75. The Bertz CT molecular complexity index is 431. The van der Waals surface area contributed by atoms with Crippen LogP contribution in [0.25, 0.3) is 0 Å². The molecule has 2 saturated carbocycles. The van der Waals surface area contributed by atoms with E-state index in [1.165, 1.54) is 25.7 Å². The molecule has 1 aromatic carbocycles. The molecule has 3 rings (SSSR count). The van der Waals surface area contributed by atoms with E-state index in [1.54, 1.807) is 0 Å². The minimum atomic E-state index is 0.0937. The van der Waals surface area contributed by atoms with E-state index in [0.717, 1.165) is 42.1 Å². The Hall–Kier alpha value is -1.02. The molecule has 0 spiro atoms. The molecule has 2 fully saturated rings. The number of rotatable bonds is 5. The highest BCUT2D eigenvalue weighted by Crippen LogP contribution is 2.48. The van der Waals surface area contributed by atoms with Crippen molar-refractivity contribution in [3.05, 3.63) is 29.8 Å². The first-order valence-corrected chi connectivity index (χ1v) is 7.75. The van der Waals surface area contributed by atoms with Crippen LogP contribution >= 0.6 is 0 Å². The van der Waals surface area contributed by atoms with Crippen LogP contribution in [0.1, 0.15) is 50.6 Å². The first-order chi connectivity index (χ1) is 9.28. The van der Waals surface area contributed by atoms with Crippen molar-refractivity contribution in [2.75, 3.05) is 6.61 Å². The third-order valence-electron chi connectivity index (χ3n) is 5.10. The normalized spacial score (nSPS) is 30.5. The minimum absolute atomic E-state index is 0.0937. The van der Waals surface area contributed by atoms with Crippen LogP contribution in [0.3, 0.4) is 0 Å². The lowest BCUT2D eigenvalue weighted by Crippen LogP contribution is -2.19. The molecule has 0 saturated heterocycles. The highest BCUT2D eigenvalue weighted by molar-refractivity contribution is 5.35. The molecular weight excluding hydrogens is 234 g/mol. The zero-order valence-electron chi connectivity index (χ0n) is 11.8. The van der Waals surface area contributed by atoms with Crippen LogP contribution in [0.15, 0.2) is 24.3 Å². The lowest BCUT2D eigenvalue weighted by molar-refractivity contribution is 0.193. The average molecular weight is 259 g/mol. The van der Waals surface area contributed by atoms with Crippen molar-refractivity contribution in [3.63, 3.8) is 0 Å². The number of ether oxygens (including phenoxy) is 1. The molecule has 0 aliphatic heterocycles. The maximum absolute atomic E-state index is 6.16. The van der Waals surface area contributed by atoms with Crippen molar-refractivity contribution in [3.8, 4) is 5.75 Å². The number of hydrogen-bond donors (Lipinski definition) is 1. The second-order valence-electron chi connectivity index (χ2n) is 6.30. The Balaban J connectivity index is 1.63. The zero-order valence-corrected chi connectivity index (χ0v) is 11.8. The average Bonchev–Trinajstić information content (AvgIpc) is 3.07. The van der Waals surface area contributed by atoms with Gasteiger partial charge in [-0.3, -0.25) is 0 Å². The van der Waals surface area contributed by atoms with Crippen molar-refractivity contribution in [2.45, 2.75) is 45.1 Å². The molecule has 2 bridgehead atoms. The number of fused-ring (bicyclic) bond motifs is 2. The van der Waals surface area contributed by atoms with Crippen molar-refractivity contribution >= 4 is 0 Å². The summed E-state index contributed by atoms with van der Waals surface area (Å²) in [4.78, 5) is 0. The molecule has 0 aromatic heterocycles. The lowest BCUT2D eigenvalue weighted by atomic mass is 9.89. The molecule has 2 nitrogen and oxygen atoms in total. The van der Waals surface area contributed by atoms with Gasteiger partial charge < -0.3 is 10.5 Å². The molecule has 2 heteroatoms. The number of benzene rings is 1. The predicted molar refractivity (Wildman–Crippen MR) is 78.1 cm³/mol. The van der Waals surface area contributed by atoms with E-state index < -0.39 is 0 Å². The Morgan fingerprint density at radius 1 is 1.26 bits per heavy atom. The van der Waals surface area contributed by atoms with Crippen molar-refractivity contribution < 1.29 is 4.74 Å². The van der Waals surface area contributed by atoms with Gasteiger partial charge in [-0.1, -0.05) is 31.5 Å². The highest BCUT2D eigenvalue weighted by atomic mass is 16.5. The summed E-state index contributed by atoms with van der Waals surface area (Å²) in [6.45, 7) is 3.01. The fourth-order valence-electron chi connectivity index (χ4n) is 3.92. The third-order valence-corrected chi connectivity index (χ3v) is 5.10. The van der Waals surface area contributed by atoms with Gasteiger partial charge in [0.2, 0.25) is 0 Å². The molecule has 0 radical (unpaired) electrons. The van der Waals surface area contributed by atoms with Crippen LogP contribution in [0.5, 0.6) is 5.75 Å². The van der Waals surface area contributed by atoms with Crippen LogP contribution in [-0.2, 0) is 0 Å². The molecule has 1 aromatic rings. The number of nitrogens with two attached hydrogens (primary N) is 1. The Labute approximate surface area is 116 Å². The maximum atomic E-state index is 6.16. The fourth-order valence-corrected chi connectivity index (χ4v) is 3.92. The van der Waals surface area contributed by atoms with E-state index in [0.29, 0.717) is 0 Å². The standard InChI is InChI=1S/C17H25NO/c1-2-16(18)15-5-3-4-6-17(15)19-11-14-10-12-7-8-13(14)9-12/h3-6,12-14,16H,2,7-11,18H2,1H3/t12?,13?,14?,16-/m0/s1. The molecule has 4 atom stereocenters. The number of hydrogen-bond acceptors (Lipinski definition) is 2. The fraction of sp³-hybridized carbons (Fsp3) is 0.647. The summed E-state index contributed by atoms with van der Waals surface area (Å²) in [5.74, 6) is 3.70. The van der Waals surface area contributed by atoms with Gasteiger partial charge in [0.15, 0.2) is 0 Å². The predicted octanol–water partition coefficient (Wildman–Crippen LogP) is 3.91. The molecule has 104 valence electrons. The van der Waals surface area contributed by atoms with Crippen molar-refractivity contribution in [1.29, 1.82) is 0 Å². The van der Waals surface area contributed by atoms with Crippen LogP contribution in [0.4, 0.5) is 0 Å². The molecule has 2 N–H and O–H groups in total. The van der Waals surface area contributed by atoms with Gasteiger partial charge >= 0.3 is 0 Å². The summed E-state index contributed by atoms with van der Waals surface area (Å²) in [5.41, 5.74) is 7.32. The van der Waals surface area contributed by atoms with Crippen LogP contribution in [-0.4, -0.2) is 6.61 Å². The lowest BCUT2D eigenvalue weighted by Gasteiger charge is -2.23. The molecule has 2 aliphatic rings. The van der Waals surface area contributed by atoms with E-state index in [1.807, 2.05) is 6.07 Å². The van der Waals surface area contributed by atoms with E-state index in [4.69, 9.17) is 10.5 Å². The van der Waals surface area contributed by atoms with E-state index in [2.05, 4.69) is 25.1 Å². The Kier molecular flexibility index (Phi) is 3.79. The molecule has 19 heavy (non-hydrogen) atoms. The van der Waals surface area contributed by atoms with E-state index >= 15 is 0 Å². The molecule has 0 amide bonds. The van der Waals surface area contributed by atoms with Gasteiger partial charge in [-0.15, -0.1) is 0 Å². The second kappa shape index (κ2) is 5.54. The van der Waals surface area contributed by atoms with Gasteiger partial charge in [0.05, 0.1) is 6.61 Å². The molecule has 2 aliphatic carbocycles. The zero-order chi connectivity index (χ0) is 13.2. The summed E-state index contributed by atoms with van der Waals surface area (Å²) < 4.78 is 6.12. The smallest absolute Gasteiger partial charge is 0.124 e. The van der Waals surface area contributed by atoms with Crippen LogP contribution in [0.2, 0.25) is 0 Å². The quantitative estimate of drug-likeness (QED) is 0.870. The summed E-state index contributed by atoms with van der Waals surface area (Å²) in [6.07, 6.45) is 6.67. The van der Waals surface area contributed by atoms with Gasteiger partial charge in [-0.05, 0) is 49.5 Å². The van der Waals surface area contributed by atoms with Gasteiger partial charge in [-0.2, -0.15) is 0 Å². The Morgan fingerprint density at radius 2 is 2.11 bits per heavy atom. The monoisotopic (exact) mass is 259 g/mol. The topological polar surface area (TPSA) is 35.2 Å². The maximum Gasteiger partial charge on any atom is 0.124 e. The number of para-hydroxylation sites is 1. The van der Waals surface area contributed by atoms with Crippen molar-refractivity contribution in [1.82, 2.24) is 0 Å². The molecule has 3 unspecified atom stereocenters. The summed E-state index contributed by atoms with van der Waals surface area (Å²) >= 11 is 0. The van der Waals surface area contributed by atoms with Gasteiger partial charge in [0.1, 0.15) is 5.75 Å². The minimum Gasteiger partial charge on any atom is -0.493 e. The second-order valence-corrected chi connectivity index (χ2v) is 6.30. The SMILES string of the molecule is CC[C@H](N)c1ccccc1OCC1CC2CCC1C2. The highest BCUT2D eigenvalue weighted by Gasteiger charge is 2.39. The summed E-state index contributed by atoms with van der Waals surface area (Å²) in [6, 6.07) is 8.36. The summed E-state index contributed by atoms with van der Waals surface area (Å²) in [7, 11) is 0. The summed E-state index contributed by atoms with van der Waals surface area (Å²) in [5, 5.41) is 0. The third kappa shape index (κ3) is 2.64. The van der Waals surface area contributed by atoms with E-state index in [-0.39, 0.29) is 6.04 Å². The van der Waals surface area contributed by atoms with Crippen LogP contribution < -0.4 is 10.5 Å². The molecular formula is C17H25NO. The van der Waals surface area contributed by atoms with Gasteiger partial charge in [0, 0.05) is 11.6 Å². The van der Waals surface area contributed by atoms with Gasteiger partial charge in [0.25, 0.3) is 0 Å². The van der Waals surface area contributed by atoms with Gasteiger partial charge in [-0.25, -0.2) is 0 Å². The van der Waals surface area contributed by atoms with E-state index in [9.17, 15) is 0 Å². The van der Waals surface area contributed by atoms with Crippen LogP contribution in [0, 0.1) is 17.8 Å². The largest absolute Gasteiger partial charge is 0.493 e.